The molecule has 0 fully saturated rings. The lowest BCUT2D eigenvalue weighted by atomic mass is 9.95. The molecule has 0 saturated carbocycles. The zero-order valence-corrected chi connectivity index (χ0v) is 31.0. The van der Waals surface area contributed by atoms with E-state index in [2.05, 4.69) is 9.73 Å². The lowest BCUT2D eigenvalue weighted by Gasteiger charge is -2.25. The van der Waals surface area contributed by atoms with Crippen molar-refractivity contribution in [1.29, 1.82) is 0 Å². The third-order valence-electron chi connectivity index (χ3n) is 7.36. The summed E-state index contributed by atoms with van der Waals surface area (Å²) in [6.45, 7) is 5.37. The van der Waals surface area contributed by atoms with Gasteiger partial charge in [0.05, 0.1) is 62.3 Å². The van der Waals surface area contributed by atoms with Gasteiger partial charge in [0, 0.05) is 0 Å². The van der Waals surface area contributed by atoms with E-state index < -0.39 is 23.5 Å². The molecule has 3 aromatic carbocycles. The standard InChI is InChI=1S/C35H30Cl4N2O8S/c1-5-46-27-15-21(8-10-26(27)48-17-29(42)45-4)31-30(34(44)47-6-2)18(3)40-35-41(31)33(43)28(50-35)14-20-12-24(38)32(25(39)13-20)49-16-19-7-9-22(36)23(37)11-19/h7-15,31H,5-6,16-17H2,1-4H3/b28-14-/t31-/m1/s1. The zero-order chi connectivity index (χ0) is 36.1. The number of carbonyl (C=O) groups excluding carboxylic acids is 2. The van der Waals surface area contributed by atoms with Gasteiger partial charge in [-0.1, -0.05) is 69.9 Å². The third kappa shape index (κ3) is 8.14. The second kappa shape index (κ2) is 16.3. The van der Waals surface area contributed by atoms with Crippen molar-refractivity contribution >= 4 is 75.8 Å². The van der Waals surface area contributed by atoms with E-state index >= 15 is 0 Å². The molecule has 1 aliphatic heterocycles. The van der Waals surface area contributed by atoms with E-state index in [9.17, 15) is 14.4 Å². The van der Waals surface area contributed by atoms with Gasteiger partial charge in [0.15, 0.2) is 28.7 Å². The molecule has 1 aliphatic rings. The summed E-state index contributed by atoms with van der Waals surface area (Å²) < 4.78 is 29.2. The summed E-state index contributed by atoms with van der Waals surface area (Å²) in [6, 6.07) is 12.4. The Labute approximate surface area is 311 Å². The number of allylic oxidation sites excluding steroid dienone is 1. The topological polar surface area (TPSA) is 115 Å². The Balaban J connectivity index is 1.56. The van der Waals surface area contributed by atoms with E-state index in [1.807, 2.05) is 0 Å². The fourth-order valence-corrected chi connectivity index (χ4v) is 7.10. The van der Waals surface area contributed by atoms with Gasteiger partial charge in [-0.15, -0.1) is 0 Å². The lowest BCUT2D eigenvalue weighted by molar-refractivity contribution is -0.143. The molecule has 0 aliphatic carbocycles. The molecule has 0 spiro atoms. The molecule has 262 valence electrons. The van der Waals surface area contributed by atoms with E-state index in [-0.39, 0.29) is 53.5 Å². The first-order valence-corrected chi connectivity index (χ1v) is 17.5. The molecule has 0 amide bonds. The van der Waals surface area contributed by atoms with Crippen molar-refractivity contribution in [2.75, 3.05) is 26.9 Å². The second-order valence-corrected chi connectivity index (χ2v) is 13.3. The number of thiazole rings is 1. The number of carbonyl (C=O) groups is 2. The van der Waals surface area contributed by atoms with Crippen LogP contribution in [0.2, 0.25) is 20.1 Å². The van der Waals surface area contributed by atoms with Gasteiger partial charge in [-0.2, -0.15) is 0 Å². The fraction of sp³-hybridized carbons (Fsp3) is 0.257. The van der Waals surface area contributed by atoms with Crippen LogP contribution in [0.3, 0.4) is 0 Å². The number of rotatable bonds is 12. The molecule has 4 aromatic rings. The molecule has 1 aromatic heterocycles. The van der Waals surface area contributed by atoms with Crippen LogP contribution in [0.1, 0.15) is 43.5 Å². The van der Waals surface area contributed by atoms with E-state index in [1.165, 1.54) is 11.7 Å². The highest BCUT2D eigenvalue weighted by molar-refractivity contribution is 7.07. The first-order chi connectivity index (χ1) is 23.9. The van der Waals surface area contributed by atoms with Gasteiger partial charge in [0.2, 0.25) is 0 Å². The van der Waals surface area contributed by atoms with Crippen molar-refractivity contribution in [3.05, 3.63) is 116 Å². The van der Waals surface area contributed by atoms with Gasteiger partial charge in [-0.25, -0.2) is 14.6 Å². The molecular weight excluding hydrogens is 750 g/mol. The number of nitrogens with zero attached hydrogens (tertiary/aromatic N) is 2. The molecule has 0 N–H and O–H groups in total. The Kier molecular flexibility index (Phi) is 12.2. The van der Waals surface area contributed by atoms with Crippen LogP contribution in [0.25, 0.3) is 6.08 Å². The van der Waals surface area contributed by atoms with Crippen LogP contribution >= 0.6 is 57.7 Å². The number of hydrogen-bond acceptors (Lipinski definition) is 10. The number of hydrogen-bond donors (Lipinski definition) is 0. The van der Waals surface area contributed by atoms with Gasteiger partial charge in [0.25, 0.3) is 5.56 Å². The minimum atomic E-state index is -0.925. The highest BCUT2D eigenvalue weighted by Crippen LogP contribution is 2.37. The molecule has 50 heavy (non-hydrogen) atoms. The van der Waals surface area contributed by atoms with E-state index in [0.29, 0.717) is 42.0 Å². The van der Waals surface area contributed by atoms with Crippen LogP contribution in [0.15, 0.2) is 69.6 Å². The highest BCUT2D eigenvalue weighted by atomic mass is 35.5. The van der Waals surface area contributed by atoms with Crippen LogP contribution in [0.4, 0.5) is 0 Å². The van der Waals surface area contributed by atoms with Crippen LogP contribution in [0, 0.1) is 0 Å². The van der Waals surface area contributed by atoms with E-state index in [1.54, 1.807) is 75.4 Å². The molecule has 0 radical (unpaired) electrons. The highest BCUT2D eigenvalue weighted by Gasteiger charge is 2.34. The van der Waals surface area contributed by atoms with Crippen LogP contribution in [-0.2, 0) is 25.7 Å². The summed E-state index contributed by atoms with van der Waals surface area (Å²) in [5.41, 5.74) is 1.99. The molecule has 15 heteroatoms. The van der Waals surface area contributed by atoms with Gasteiger partial charge in [0.1, 0.15) is 6.61 Å². The van der Waals surface area contributed by atoms with Crippen molar-refractivity contribution in [2.24, 2.45) is 4.99 Å². The number of fused-ring (bicyclic) bond motifs is 1. The second-order valence-electron chi connectivity index (χ2n) is 10.7. The molecule has 5 rings (SSSR count). The molecule has 0 bridgehead atoms. The first kappa shape index (κ1) is 37.3. The molecule has 10 nitrogen and oxygen atoms in total. The number of esters is 2. The van der Waals surface area contributed by atoms with E-state index in [0.717, 1.165) is 16.9 Å². The number of benzene rings is 3. The predicted octanol–water partition coefficient (Wildman–Crippen LogP) is 6.94. The smallest absolute Gasteiger partial charge is 0.343 e. The summed E-state index contributed by atoms with van der Waals surface area (Å²) >= 11 is 26.4. The Hall–Kier alpha value is -4.00. The molecule has 2 heterocycles. The van der Waals surface area contributed by atoms with Crippen molar-refractivity contribution in [1.82, 2.24) is 4.57 Å². The zero-order valence-electron chi connectivity index (χ0n) is 27.2. The maximum absolute atomic E-state index is 14.2. The van der Waals surface area contributed by atoms with Gasteiger partial charge in [-0.3, -0.25) is 9.36 Å². The molecule has 0 saturated heterocycles. The SMILES string of the molecule is CCOC(=O)C1=C(C)N=c2s/c(=C\c3cc(Cl)c(OCc4ccc(Cl)c(Cl)c4)c(Cl)c3)c(=O)n2[C@@H]1c1ccc(OCC(=O)OC)c(OCC)c1. The van der Waals surface area contributed by atoms with Gasteiger partial charge < -0.3 is 23.7 Å². The quantitative estimate of drug-likeness (QED) is 0.142. The molecule has 0 unspecified atom stereocenters. The Morgan fingerprint density at radius 3 is 2.30 bits per heavy atom. The summed E-state index contributed by atoms with van der Waals surface area (Å²) in [7, 11) is 1.26. The van der Waals surface area contributed by atoms with Gasteiger partial charge >= 0.3 is 11.9 Å². The van der Waals surface area contributed by atoms with Crippen LogP contribution < -0.4 is 29.1 Å². The monoisotopic (exact) mass is 778 g/mol. The third-order valence-corrected chi connectivity index (χ3v) is 9.64. The largest absolute Gasteiger partial charge is 0.490 e. The Morgan fingerprint density at radius 1 is 0.900 bits per heavy atom. The van der Waals surface area contributed by atoms with Crippen molar-refractivity contribution in [3.8, 4) is 17.2 Å². The maximum Gasteiger partial charge on any atom is 0.343 e. The van der Waals surface area contributed by atoms with Gasteiger partial charge in [-0.05, 0) is 79.9 Å². The fourth-order valence-electron chi connectivity index (χ4n) is 5.12. The van der Waals surface area contributed by atoms with Crippen molar-refractivity contribution < 1.29 is 33.3 Å². The minimum absolute atomic E-state index is 0.117. The summed E-state index contributed by atoms with van der Waals surface area (Å²) in [5.74, 6) is -0.340. The van der Waals surface area contributed by atoms with Crippen LogP contribution in [0.5, 0.6) is 17.2 Å². The summed E-state index contributed by atoms with van der Waals surface area (Å²) in [5, 5.41) is 1.28. The molecule has 1 atom stereocenters. The van der Waals surface area contributed by atoms with Crippen LogP contribution in [-0.4, -0.2) is 43.4 Å². The number of aromatic nitrogens is 1. The lowest BCUT2D eigenvalue weighted by Crippen LogP contribution is -2.40. The van der Waals surface area contributed by atoms with Crippen molar-refractivity contribution in [3.63, 3.8) is 0 Å². The summed E-state index contributed by atoms with van der Waals surface area (Å²) in [6.07, 6.45) is 1.64. The predicted molar refractivity (Wildman–Crippen MR) is 193 cm³/mol. The first-order valence-electron chi connectivity index (χ1n) is 15.2. The maximum atomic E-state index is 14.2. The Morgan fingerprint density at radius 2 is 1.64 bits per heavy atom. The average Bonchev–Trinajstić information content (AvgIpc) is 3.38. The average molecular weight is 781 g/mol. The van der Waals surface area contributed by atoms with E-state index in [4.69, 9.17) is 65.4 Å². The normalized spacial score (nSPS) is 14.2. The Bertz CT molecular complexity index is 2160. The van der Waals surface area contributed by atoms with Crippen molar-refractivity contribution in [2.45, 2.75) is 33.4 Å². The number of methoxy groups -OCH3 is 1. The molecular formula is C35H30Cl4N2O8S. The number of ether oxygens (including phenoxy) is 5. The minimum Gasteiger partial charge on any atom is -0.490 e. The summed E-state index contributed by atoms with van der Waals surface area (Å²) in [4.78, 5) is 44.2. The number of halogens is 4.